The van der Waals surface area contributed by atoms with Crippen LogP contribution in [0.25, 0.3) is 20.5 Å². The SMILES string of the molecule is CC(C)C(C(=O)N(C)c1ccccc1)N(C)C(=O)OCc1ccc(OC2O[C@H](CO)[C@H](O)[C@H](O)[C@H]2O)c2cc(CN=[N+]=[N-])sc12. The molecule has 2 unspecified atom stereocenters. The zero-order valence-electron chi connectivity index (χ0n) is 25.3. The van der Waals surface area contributed by atoms with Gasteiger partial charge in [0.1, 0.15) is 42.8 Å². The van der Waals surface area contributed by atoms with Gasteiger partial charge in [-0.3, -0.25) is 9.69 Å². The summed E-state index contributed by atoms with van der Waals surface area (Å²) >= 11 is 1.28. The highest BCUT2D eigenvalue weighted by atomic mass is 32.1. The highest BCUT2D eigenvalue weighted by Crippen LogP contribution is 2.38. The second-order valence-electron chi connectivity index (χ2n) is 11.0. The van der Waals surface area contributed by atoms with E-state index in [0.29, 0.717) is 26.2 Å². The number of rotatable bonds is 11. The summed E-state index contributed by atoms with van der Waals surface area (Å²) in [6.07, 6.45) is -8.06. The van der Waals surface area contributed by atoms with Crippen LogP contribution in [0.1, 0.15) is 24.3 Å². The minimum atomic E-state index is -1.62. The van der Waals surface area contributed by atoms with Gasteiger partial charge in [0, 0.05) is 45.2 Å². The van der Waals surface area contributed by atoms with Crippen LogP contribution in [0.3, 0.4) is 0 Å². The number of likely N-dealkylation sites (N-methyl/N-ethyl adjacent to an activating group) is 2. The first kappa shape index (κ1) is 33.9. The molecule has 1 aromatic heterocycles. The topological polar surface area (TPSA) is 198 Å². The van der Waals surface area contributed by atoms with Crippen LogP contribution in [-0.2, 0) is 27.4 Å². The number of benzene rings is 2. The number of hydrogen-bond acceptors (Lipinski definition) is 11. The van der Waals surface area contributed by atoms with E-state index >= 15 is 0 Å². The van der Waals surface area contributed by atoms with E-state index in [1.165, 1.54) is 28.2 Å². The van der Waals surface area contributed by atoms with Crippen molar-refractivity contribution in [2.45, 2.75) is 63.7 Å². The summed E-state index contributed by atoms with van der Waals surface area (Å²) in [6.45, 7) is 2.97. The normalized spacial score (nSPS) is 22.0. The van der Waals surface area contributed by atoms with Gasteiger partial charge in [0.05, 0.1) is 13.2 Å². The van der Waals surface area contributed by atoms with Gasteiger partial charge < -0.3 is 39.5 Å². The molecule has 1 aliphatic rings. The van der Waals surface area contributed by atoms with Crippen molar-refractivity contribution in [2.24, 2.45) is 11.0 Å². The number of amides is 2. The van der Waals surface area contributed by atoms with Crippen molar-refractivity contribution in [3.05, 3.63) is 69.4 Å². The summed E-state index contributed by atoms with van der Waals surface area (Å²) in [7, 11) is 3.17. The Morgan fingerprint density at radius 3 is 2.44 bits per heavy atom. The molecule has 242 valence electrons. The van der Waals surface area contributed by atoms with Crippen molar-refractivity contribution in [2.75, 3.05) is 25.6 Å². The Balaban J connectivity index is 1.55. The monoisotopic (exact) mass is 643 g/mol. The van der Waals surface area contributed by atoms with Crippen molar-refractivity contribution in [3.63, 3.8) is 0 Å². The van der Waals surface area contributed by atoms with E-state index in [9.17, 15) is 30.0 Å². The molecule has 1 saturated heterocycles. The van der Waals surface area contributed by atoms with Crippen LogP contribution >= 0.6 is 11.3 Å². The third-order valence-electron chi connectivity index (χ3n) is 7.57. The highest BCUT2D eigenvalue weighted by molar-refractivity contribution is 7.19. The molecule has 2 aromatic carbocycles. The van der Waals surface area contributed by atoms with Gasteiger partial charge in [-0.05, 0) is 35.7 Å². The molecule has 4 rings (SSSR count). The molecule has 3 aromatic rings. The number of hydrogen-bond donors (Lipinski definition) is 4. The highest BCUT2D eigenvalue weighted by Gasteiger charge is 2.45. The lowest BCUT2D eigenvalue weighted by atomic mass is 9.99. The standard InChI is InChI=1S/C30H37N5O9S/c1-16(2)23(28(40)34(3)18-8-6-5-7-9-18)35(4)30(41)42-15-17-10-11-21(20-12-19(13-32-33-31)45-27(17)20)43-29-26(39)25(38)24(37)22(14-36)44-29/h5-12,16,22-26,29,36-39H,13-15H2,1-4H3/t22-,23?,24+,25+,26-,29?/m1/s1. The molecule has 0 aliphatic carbocycles. The van der Waals surface area contributed by atoms with Crippen molar-refractivity contribution < 1.29 is 44.2 Å². The molecule has 6 atom stereocenters. The quantitative estimate of drug-likeness (QED) is 0.138. The second kappa shape index (κ2) is 14.9. The molecule has 2 heterocycles. The van der Waals surface area contributed by atoms with Crippen molar-refractivity contribution >= 4 is 39.1 Å². The first-order valence-corrected chi connectivity index (χ1v) is 15.0. The predicted octanol–water partition coefficient (Wildman–Crippen LogP) is 3.15. The zero-order valence-corrected chi connectivity index (χ0v) is 26.1. The molecule has 14 nitrogen and oxygen atoms in total. The lowest BCUT2D eigenvalue weighted by molar-refractivity contribution is -0.277. The van der Waals surface area contributed by atoms with Gasteiger partial charge >= 0.3 is 6.09 Å². The van der Waals surface area contributed by atoms with Gasteiger partial charge in [0.25, 0.3) is 0 Å². The van der Waals surface area contributed by atoms with Gasteiger partial charge in [-0.2, -0.15) is 0 Å². The van der Waals surface area contributed by atoms with Crippen molar-refractivity contribution in [3.8, 4) is 5.75 Å². The van der Waals surface area contributed by atoms with Crippen LogP contribution < -0.4 is 9.64 Å². The molecular weight excluding hydrogens is 606 g/mol. The maximum absolute atomic E-state index is 13.4. The summed E-state index contributed by atoms with van der Waals surface area (Å²) in [5.41, 5.74) is 10.1. The van der Waals surface area contributed by atoms with Gasteiger partial charge in [0.15, 0.2) is 0 Å². The van der Waals surface area contributed by atoms with E-state index in [1.54, 1.807) is 37.4 Å². The van der Waals surface area contributed by atoms with Crippen LogP contribution in [-0.4, -0.2) is 94.8 Å². The number of thiophene rings is 1. The first-order chi connectivity index (χ1) is 21.5. The summed E-state index contributed by atoms with van der Waals surface area (Å²) in [5, 5.41) is 44.4. The lowest BCUT2D eigenvalue weighted by Crippen LogP contribution is -2.60. The number of aliphatic hydroxyl groups is 4. The summed E-state index contributed by atoms with van der Waals surface area (Å²) in [6, 6.07) is 13.3. The molecule has 0 bridgehead atoms. The van der Waals surface area contributed by atoms with Crippen LogP contribution in [0, 0.1) is 5.92 Å². The molecule has 0 saturated carbocycles. The molecule has 0 radical (unpaired) electrons. The Hall–Kier alpha value is -3.95. The van der Waals surface area contributed by atoms with E-state index in [1.807, 2.05) is 32.0 Å². The van der Waals surface area contributed by atoms with E-state index in [-0.39, 0.29) is 30.7 Å². The Kier molecular flexibility index (Phi) is 11.2. The minimum absolute atomic E-state index is 0.0460. The second-order valence-corrected chi connectivity index (χ2v) is 12.1. The van der Waals surface area contributed by atoms with E-state index in [2.05, 4.69) is 10.0 Å². The fourth-order valence-corrected chi connectivity index (χ4v) is 6.21. The molecule has 2 amide bonds. The average Bonchev–Trinajstić information content (AvgIpc) is 3.48. The lowest BCUT2D eigenvalue weighted by Gasteiger charge is -2.39. The third-order valence-corrected chi connectivity index (χ3v) is 8.77. The number of aliphatic hydroxyl groups excluding tert-OH is 4. The fourth-order valence-electron chi connectivity index (χ4n) is 5.12. The zero-order chi connectivity index (χ0) is 32.8. The number of carbonyl (C=O) groups is 2. The Morgan fingerprint density at radius 1 is 1.09 bits per heavy atom. The molecule has 45 heavy (non-hydrogen) atoms. The largest absolute Gasteiger partial charge is 0.461 e. The number of para-hydroxylation sites is 1. The Bertz CT molecular complexity index is 1530. The van der Waals surface area contributed by atoms with E-state index in [0.717, 1.165) is 0 Å². The van der Waals surface area contributed by atoms with Crippen molar-refractivity contribution in [1.82, 2.24) is 4.90 Å². The van der Waals surface area contributed by atoms with Crippen LogP contribution in [0.15, 0.2) is 53.6 Å². The predicted molar refractivity (Wildman–Crippen MR) is 165 cm³/mol. The number of azide groups is 1. The number of ether oxygens (including phenoxy) is 3. The maximum Gasteiger partial charge on any atom is 0.410 e. The Labute approximate surface area is 263 Å². The summed E-state index contributed by atoms with van der Waals surface area (Å²) in [4.78, 5) is 32.9. The molecule has 1 aliphatic heterocycles. The number of carbonyl (C=O) groups excluding carboxylic acids is 2. The van der Waals surface area contributed by atoms with Crippen LogP contribution in [0.4, 0.5) is 10.5 Å². The van der Waals surface area contributed by atoms with Gasteiger partial charge in [-0.1, -0.05) is 43.2 Å². The van der Waals surface area contributed by atoms with E-state index in [4.69, 9.17) is 19.7 Å². The summed E-state index contributed by atoms with van der Waals surface area (Å²) < 4.78 is 17.7. The van der Waals surface area contributed by atoms with Gasteiger partial charge in [0.2, 0.25) is 12.2 Å². The molecular formula is C30H37N5O9S. The van der Waals surface area contributed by atoms with Gasteiger partial charge in [-0.15, -0.1) is 11.3 Å². The molecule has 0 spiro atoms. The first-order valence-electron chi connectivity index (χ1n) is 14.2. The van der Waals surface area contributed by atoms with Crippen molar-refractivity contribution in [1.29, 1.82) is 0 Å². The van der Waals surface area contributed by atoms with Crippen LogP contribution in [0.2, 0.25) is 0 Å². The molecule has 4 N–H and O–H groups in total. The smallest absolute Gasteiger partial charge is 0.410 e. The fraction of sp³-hybridized carbons (Fsp3) is 0.467. The number of fused-ring (bicyclic) bond motifs is 1. The molecule has 15 heteroatoms. The third kappa shape index (κ3) is 7.48. The Morgan fingerprint density at radius 2 is 1.80 bits per heavy atom. The number of anilines is 1. The van der Waals surface area contributed by atoms with E-state index < -0.39 is 49.4 Å². The molecule has 1 fully saturated rings. The van der Waals surface area contributed by atoms with Crippen LogP contribution in [0.5, 0.6) is 5.75 Å². The van der Waals surface area contributed by atoms with Gasteiger partial charge in [-0.25, -0.2) is 4.79 Å². The summed E-state index contributed by atoms with van der Waals surface area (Å²) in [5.74, 6) is -0.250. The number of nitrogens with zero attached hydrogens (tertiary/aromatic N) is 5. The maximum atomic E-state index is 13.4. The minimum Gasteiger partial charge on any atom is -0.461 e. The average molecular weight is 644 g/mol.